The van der Waals surface area contributed by atoms with E-state index >= 15 is 0 Å². The van der Waals surface area contributed by atoms with Crippen LogP contribution in [0.5, 0.6) is 0 Å². The summed E-state index contributed by atoms with van der Waals surface area (Å²) in [6, 6.07) is 11.9. The van der Waals surface area contributed by atoms with Crippen LogP contribution in [0.3, 0.4) is 0 Å². The van der Waals surface area contributed by atoms with Gasteiger partial charge in [0.25, 0.3) is 0 Å². The molecule has 1 amide bonds. The minimum atomic E-state index is -0.605. The lowest BCUT2D eigenvalue weighted by Gasteiger charge is -2.25. The normalized spacial score (nSPS) is 17.0. The summed E-state index contributed by atoms with van der Waals surface area (Å²) in [4.78, 5) is 27.2. The van der Waals surface area contributed by atoms with E-state index in [1.807, 2.05) is 18.2 Å². The maximum atomic E-state index is 12.8. The molecule has 130 valence electrons. The van der Waals surface area contributed by atoms with Crippen LogP contribution in [0.2, 0.25) is 5.02 Å². The fraction of sp³-hybridized carbons (Fsp3) is 0.222. The number of amides is 1. The quantitative estimate of drug-likeness (QED) is 0.833. The summed E-state index contributed by atoms with van der Waals surface area (Å²) >= 11 is 7.44. The molecular formula is C18H17ClN2O3S. The standard InChI is InChI=1S/C18H17ClN2O3S/c1-24-18(23)12-4-7-16-15(8-12)21(17(22)14(20)10-25-16)9-11-2-5-13(19)6-3-11/h2-8,14H,9-10,20H2,1H3/t14-/m0/s1. The molecule has 2 N–H and O–H groups in total. The van der Waals surface area contributed by atoms with Gasteiger partial charge in [0.1, 0.15) is 0 Å². The number of hydrogen-bond acceptors (Lipinski definition) is 5. The van der Waals surface area contributed by atoms with Crippen molar-refractivity contribution < 1.29 is 14.3 Å². The molecule has 1 atom stereocenters. The van der Waals surface area contributed by atoms with E-state index in [1.54, 1.807) is 29.2 Å². The predicted octanol–water partition coefficient (Wildman–Crippen LogP) is 3.09. The van der Waals surface area contributed by atoms with Gasteiger partial charge in [0.15, 0.2) is 0 Å². The summed E-state index contributed by atoms with van der Waals surface area (Å²) in [5.41, 5.74) is 8.01. The molecule has 5 nitrogen and oxygen atoms in total. The van der Waals surface area contributed by atoms with Crippen LogP contribution >= 0.6 is 23.4 Å². The highest BCUT2D eigenvalue weighted by Crippen LogP contribution is 2.36. The number of methoxy groups -OCH3 is 1. The molecule has 0 fully saturated rings. The van der Waals surface area contributed by atoms with Gasteiger partial charge in [-0.2, -0.15) is 0 Å². The molecule has 0 spiro atoms. The molecule has 25 heavy (non-hydrogen) atoms. The molecule has 0 aliphatic carbocycles. The van der Waals surface area contributed by atoms with E-state index in [2.05, 4.69) is 0 Å². The van der Waals surface area contributed by atoms with Gasteiger partial charge in [0.05, 0.1) is 30.9 Å². The van der Waals surface area contributed by atoms with Gasteiger partial charge in [-0.05, 0) is 35.9 Å². The number of esters is 1. The van der Waals surface area contributed by atoms with E-state index in [-0.39, 0.29) is 5.91 Å². The van der Waals surface area contributed by atoms with Crippen molar-refractivity contribution in [2.75, 3.05) is 17.8 Å². The highest BCUT2D eigenvalue weighted by Gasteiger charge is 2.29. The monoisotopic (exact) mass is 376 g/mol. The molecule has 1 aliphatic rings. The van der Waals surface area contributed by atoms with Crippen LogP contribution in [0.25, 0.3) is 0 Å². The van der Waals surface area contributed by atoms with E-state index in [1.165, 1.54) is 18.9 Å². The number of thioether (sulfide) groups is 1. The second-order valence-electron chi connectivity index (χ2n) is 5.64. The first-order chi connectivity index (χ1) is 12.0. The number of nitrogens with two attached hydrogens (primary N) is 1. The molecule has 2 aromatic rings. The molecule has 7 heteroatoms. The molecule has 2 aromatic carbocycles. The zero-order chi connectivity index (χ0) is 18.0. The number of hydrogen-bond donors (Lipinski definition) is 1. The summed E-state index contributed by atoms with van der Waals surface area (Å²) in [6.07, 6.45) is 0. The van der Waals surface area contributed by atoms with Gasteiger partial charge in [0, 0.05) is 15.7 Å². The van der Waals surface area contributed by atoms with Crippen molar-refractivity contribution in [2.24, 2.45) is 5.73 Å². The summed E-state index contributed by atoms with van der Waals surface area (Å²) in [5, 5.41) is 0.631. The average Bonchev–Trinajstić information content (AvgIpc) is 2.74. The Morgan fingerprint density at radius 1 is 1.32 bits per heavy atom. The van der Waals surface area contributed by atoms with Crippen LogP contribution < -0.4 is 10.6 Å². The molecular weight excluding hydrogens is 360 g/mol. The van der Waals surface area contributed by atoms with E-state index < -0.39 is 12.0 Å². The molecule has 0 saturated carbocycles. The van der Waals surface area contributed by atoms with Crippen LogP contribution in [0.4, 0.5) is 5.69 Å². The number of halogens is 1. The number of fused-ring (bicyclic) bond motifs is 1. The van der Waals surface area contributed by atoms with Crippen molar-refractivity contribution in [3.63, 3.8) is 0 Å². The number of carbonyl (C=O) groups excluding carboxylic acids is 2. The van der Waals surface area contributed by atoms with Gasteiger partial charge in [-0.1, -0.05) is 23.7 Å². The van der Waals surface area contributed by atoms with Gasteiger partial charge < -0.3 is 15.4 Å². The average molecular weight is 377 g/mol. The van der Waals surface area contributed by atoms with Crippen LogP contribution in [-0.4, -0.2) is 30.8 Å². The molecule has 1 aliphatic heterocycles. The number of ether oxygens (including phenoxy) is 1. The maximum absolute atomic E-state index is 12.8. The lowest BCUT2D eigenvalue weighted by atomic mass is 10.1. The van der Waals surface area contributed by atoms with Crippen molar-refractivity contribution >= 4 is 40.9 Å². The van der Waals surface area contributed by atoms with E-state index in [9.17, 15) is 9.59 Å². The zero-order valence-corrected chi connectivity index (χ0v) is 15.1. The minimum absolute atomic E-state index is 0.178. The second kappa shape index (κ2) is 7.47. The Morgan fingerprint density at radius 2 is 2.04 bits per heavy atom. The van der Waals surface area contributed by atoms with Gasteiger partial charge in [-0.3, -0.25) is 4.79 Å². The summed E-state index contributed by atoms with van der Waals surface area (Å²) in [6.45, 7) is 0.349. The third-order valence-electron chi connectivity index (χ3n) is 3.93. The zero-order valence-electron chi connectivity index (χ0n) is 13.6. The van der Waals surface area contributed by atoms with Crippen molar-refractivity contribution in [2.45, 2.75) is 17.5 Å². The van der Waals surface area contributed by atoms with Crippen LogP contribution in [0.15, 0.2) is 47.4 Å². The first-order valence-electron chi connectivity index (χ1n) is 7.66. The molecule has 0 saturated heterocycles. The van der Waals surface area contributed by atoms with Crippen LogP contribution in [-0.2, 0) is 16.1 Å². The highest BCUT2D eigenvalue weighted by atomic mass is 35.5. The van der Waals surface area contributed by atoms with Crippen molar-refractivity contribution in [3.8, 4) is 0 Å². The number of benzene rings is 2. The molecule has 0 bridgehead atoms. The van der Waals surface area contributed by atoms with E-state index in [0.717, 1.165) is 10.5 Å². The largest absolute Gasteiger partial charge is 0.465 e. The topological polar surface area (TPSA) is 72.6 Å². The van der Waals surface area contributed by atoms with E-state index in [0.29, 0.717) is 28.6 Å². The third-order valence-corrected chi connectivity index (χ3v) is 5.36. The summed E-state index contributed by atoms with van der Waals surface area (Å²) < 4.78 is 4.78. The molecule has 1 heterocycles. The van der Waals surface area contributed by atoms with E-state index in [4.69, 9.17) is 22.1 Å². The summed E-state index contributed by atoms with van der Waals surface area (Å²) in [7, 11) is 1.33. The van der Waals surface area contributed by atoms with Crippen molar-refractivity contribution in [1.29, 1.82) is 0 Å². The first-order valence-corrected chi connectivity index (χ1v) is 9.02. The first kappa shape index (κ1) is 17.8. The molecule has 0 aromatic heterocycles. The fourth-order valence-electron chi connectivity index (χ4n) is 2.60. The summed E-state index contributed by atoms with van der Waals surface area (Å²) in [5.74, 6) is -0.135. The van der Waals surface area contributed by atoms with Gasteiger partial charge >= 0.3 is 5.97 Å². The molecule has 3 rings (SSSR count). The number of rotatable bonds is 3. The number of nitrogens with zero attached hydrogens (tertiary/aromatic N) is 1. The number of carbonyl (C=O) groups is 2. The Kier molecular flexibility index (Phi) is 5.32. The Bertz CT molecular complexity index is 810. The smallest absolute Gasteiger partial charge is 0.337 e. The Labute approximate surface area is 155 Å². The van der Waals surface area contributed by atoms with Gasteiger partial charge in [-0.25, -0.2) is 4.79 Å². The van der Waals surface area contributed by atoms with Crippen LogP contribution in [0, 0.1) is 0 Å². The van der Waals surface area contributed by atoms with Crippen molar-refractivity contribution in [3.05, 3.63) is 58.6 Å². The number of anilines is 1. The lowest BCUT2D eigenvalue weighted by molar-refractivity contribution is -0.119. The molecule has 0 radical (unpaired) electrons. The van der Waals surface area contributed by atoms with Gasteiger partial charge in [-0.15, -0.1) is 11.8 Å². The SMILES string of the molecule is COC(=O)c1ccc2c(c1)N(Cc1ccc(Cl)cc1)C(=O)[C@@H](N)CS2. The highest BCUT2D eigenvalue weighted by molar-refractivity contribution is 7.99. The predicted molar refractivity (Wildman–Crippen MR) is 99.1 cm³/mol. The second-order valence-corrected chi connectivity index (χ2v) is 7.14. The molecule has 0 unspecified atom stereocenters. The lowest BCUT2D eigenvalue weighted by Crippen LogP contribution is -2.44. The van der Waals surface area contributed by atoms with Crippen molar-refractivity contribution in [1.82, 2.24) is 0 Å². The Morgan fingerprint density at radius 3 is 2.72 bits per heavy atom. The Hall–Kier alpha value is -2.02. The van der Waals surface area contributed by atoms with Crippen LogP contribution in [0.1, 0.15) is 15.9 Å². The maximum Gasteiger partial charge on any atom is 0.337 e. The third kappa shape index (κ3) is 3.81. The Balaban J connectivity index is 2.03. The van der Waals surface area contributed by atoms with Gasteiger partial charge in [0.2, 0.25) is 5.91 Å². The minimum Gasteiger partial charge on any atom is -0.465 e. The fourth-order valence-corrected chi connectivity index (χ4v) is 3.71.